The first-order valence-electron chi connectivity index (χ1n) is 4.20. The minimum Gasteiger partial charge on any atom is -0.449 e. The van der Waals surface area contributed by atoms with E-state index in [4.69, 9.17) is 4.74 Å². The van der Waals surface area contributed by atoms with E-state index >= 15 is 0 Å². The van der Waals surface area contributed by atoms with Crippen molar-refractivity contribution in [1.29, 1.82) is 0 Å². The molecule has 0 amide bonds. The lowest BCUT2D eigenvalue weighted by Crippen LogP contribution is -2.33. The second-order valence-corrected chi connectivity index (χ2v) is 3.84. The molecule has 1 saturated heterocycles. The Bertz CT molecular complexity index is 151. The zero-order valence-corrected chi connectivity index (χ0v) is 7.16. The van der Waals surface area contributed by atoms with E-state index in [1.165, 1.54) is 0 Å². The Kier molecular flexibility index (Phi) is 2.71. The van der Waals surface area contributed by atoms with Crippen LogP contribution in [0.15, 0.2) is 0 Å². The molecule has 0 spiro atoms. The molecular weight excluding hydrogens is 168 g/mol. The Hall–Kier alpha value is -0.185. The van der Waals surface area contributed by atoms with E-state index in [9.17, 15) is 12.9 Å². The van der Waals surface area contributed by atoms with Gasteiger partial charge in [0.1, 0.15) is 0 Å². The molecule has 0 radical (unpaired) electrons. The third-order valence-electron chi connectivity index (χ3n) is 2.42. The molecule has 0 atom stereocenters. The highest BCUT2D eigenvalue weighted by molar-refractivity contribution is 6.58. The Morgan fingerprint density at radius 3 is 2.17 bits per heavy atom. The van der Waals surface area contributed by atoms with Crippen LogP contribution in [-0.4, -0.2) is 20.2 Å². The van der Waals surface area contributed by atoms with Crippen molar-refractivity contribution >= 4 is 6.98 Å². The van der Waals surface area contributed by atoms with Crippen LogP contribution in [0.3, 0.4) is 0 Å². The lowest BCUT2D eigenvalue weighted by Gasteiger charge is -2.37. The molecule has 1 heterocycles. The summed E-state index contributed by atoms with van der Waals surface area (Å²) >= 11 is 0. The van der Waals surface area contributed by atoms with Gasteiger partial charge in [0.15, 0.2) is 0 Å². The second-order valence-electron chi connectivity index (χ2n) is 3.84. The van der Waals surface area contributed by atoms with Gasteiger partial charge in [-0.05, 0) is 12.8 Å². The largest absolute Gasteiger partial charge is 0.478 e. The Labute approximate surface area is 70.3 Å². The van der Waals surface area contributed by atoms with Gasteiger partial charge in [0, 0.05) is 13.2 Å². The summed E-state index contributed by atoms with van der Waals surface area (Å²) < 4.78 is 41.3. The molecule has 0 aromatic carbocycles. The van der Waals surface area contributed by atoms with Crippen molar-refractivity contribution in [2.24, 2.45) is 5.41 Å². The van der Waals surface area contributed by atoms with Gasteiger partial charge in [-0.25, -0.2) is 0 Å². The Balaban J connectivity index is 2.47. The zero-order valence-electron chi connectivity index (χ0n) is 7.16. The summed E-state index contributed by atoms with van der Waals surface area (Å²) in [6.07, 6.45) is 0.457. The fraction of sp³-hybridized carbons (Fsp3) is 1.00. The van der Waals surface area contributed by atoms with Gasteiger partial charge in [-0.3, -0.25) is 0 Å². The van der Waals surface area contributed by atoms with Crippen molar-refractivity contribution in [2.45, 2.75) is 26.1 Å². The highest BCUT2D eigenvalue weighted by atomic mass is 19.4. The molecule has 0 aromatic heterocycles. The molecule has 1 aliphatic heterocycles. The van der Waals surface area contributed by atoms with E-state index in [0.29, 0.717) is 26.1 Å². The van der Waals surface area contributed by atoms with Crippen LogP contribution >= 0.6 is 0 Å². The maximum atomic E-state index is 12.1. The second kappa shape index (κ2) is 3.28. The minimum absolute atomic E-state index is 0.475. The van der Waals surface area contributed by atoms with E-state index in [2.05, 4.69) is 0 Å². The first kappa shape index (κ1) is 9.90. The van der Waals surface area contributed by atoms with Crippen molar-refractivity contribution in [1.82, 2.24) is 0 Å². The third-order valence-corrected chi connectivity index (χ3v) is 2.42. The van der Waals surface area contributed by atoms with Crippen molar-refractivity contribution < 1.29 is 17.7 Å². The normalized spacial score (nSPS) is 24.0. The SMILES string of the molecule is CC1(C[B-](F)(F)F)CCOCC1. The number of ether oxygens (including phenoxy) is 1. The summed E-state index contributed by atoms with van der Waals surface area (Å²) in [5.74, 6) is 0. The molecule has 1 aliphatic rings. The van der Waals surface area contributed by atoms with E-state index in [0.717, 1.165) is 0 Å². The predicted octanol–water partition coefficient (Wildman–Crippen LogP) is 2.65. The standard InChI is InChI=1S/C7H13BF3O/c1-7(6-8(9,10)11)2-4-12-5-3-7/h2-6H2,1H3/q-1. The first-order valence-corrected chi connectivity index (χ1v) is 4.20. The molecule has 72 valence electrons. The number of hydrogen-bond acceptors (Lipinski definition) is 1. The molecule has 0 N–H and O–H groups in total. The summed E-state index contributed by atoms with van der Waals surface area (Å²) in [5, 5.41) is 0. The summed E-state index contributed by atoms with van der Waals surface area (Å²) in [5.41, 5.74) is -0.559. The van der Waals surface area contributed by atoms with E-state index in [-0.39, 0.29) is 0 Å². The summed E-state index contributed by atoms with van der Waals surface area (Å²) in [4.78, 5) is 0. The third kappa shape index (κ3) is 3.05. The van der Waals surface area contributed by atoms with Crippen LogP contribution in [0.2, 0.25) is 6.32 Å². The van der Waals surface area contributed by atoms with Gasteiger partial charge >= 0.3 is 6.98 Å². The number of hydrogen-bond donors (Lipinski definition) is 0. The van der Waals surface area contributed by atoms with Crippen LogP contribution < -0.4 is 0 Å². The number of halogens is 3. The highest BCUT2D eigenvalue weighted by Gasteiger charge is 2.36. The maximum Gasteiger partial charge on any atom is 0.478 e. The lowest BCUT2D eigenvalue weighted by atomic mass is 9.66. The van der Waals surface area contributed by atoms with Crippen molar-refractivity contribution in [3.05, 3.63) is 0 Å². The Morgan fingerprint density at radius 1 is 1.25 bits per heavy atom. The van der Waals surface area contributed by atoms with Crippen LogP contribution in [0.5, 0.6) is 0 Å². The van der Waals surface area contributed by atoms with Gasteiger partial charge < -0.3 is 17.7 Å². The molecule has 12 heavy (non-hydrogen) atoms. The van der Waals surface area contributed by atoms with Crippen LogP contribution in [0.25, 0.3) is 0 Å². The van der Waals surface area contributed by atoms with Crippen molar-refractivity contribution in [3.63, 3.8) is 0 Å². The average molecular weight is 181 g/mol. The predicted molar refractivity (Wildman–Crippen MR) is 42.0 cm³/mol. The fourth-order valence-corrected chi connectivity index (χ4v) is 1.63. The molecule has 1 fully saturated rings. The highest BCUT2D eigenvalue weighted by Crippen LogP contribution is 2.39. The average Bonchev–Trinajstić information content (AvgIpc) is 1.83. The van der Waals surface area contributed by atoms with Crippen molar-refractivity contribution in [2.75, 3.05) is 13.2 Å². The van der Waals surface area contributed by atoms with Gasteiger partial charge in [0.25, 0.3) is 0 Å². The molecule has 0 bridgehead atoms. The Morgan fingerprint density at radius 2 is 1.75 bits per heavy atom. The van der Waals surface area contributed by atoms with Crippen LogP contribution in [-0.2, 0) is 4.74 Å². The quantitative estimate of drug-likeness (QED) is 0.595. The smallest absolute Gasteiger partial charge is 0.449 e. The van der Waals surface area contributed by atoms with Crippen molar-refractivity contribution in [3.8, 4) is 0 Å². The molecular formula is C7H13BF3O-. The fourth-order valence-electron chi connectivity index (χ4n) is 1.63. The summed E-state index contributed by atoms with van der Waals surface area (Å²) in [7, 11) is 0. The topological polar surface area (TPSA) is 9.23 Å². The van der Waals surface area contributed by atoms with Crippen LogP contribution in [0.1, 0.15) is 19.8 Å². The van der Waals surface area contributed by atoms with E-state index in [1.807, 2.05) is 0 Å². The summed E-state index contributed by atoms with van der Waals surface area (Å²) in [6, 6.07) is 0. The van der Waals surface area contributed by atoms with Gasteiger partial charge in [0.05, 0.1) is 0 Å². The number of rotatable bonds is 2. The molecule has 1 nitrogen and oxygen atoms in total. The minimum atomic E-state index is -4.64. The van der Waals surface area contributed by atoms with Gasteiger partial charge in [-0.15, -0.1) is 0 Å². The van der Waals surface area contributed by atoms with E-state index < -0.39 is 18.7 Å². The first-order chi connectivity index (χ1) is 5.41. The van der Waals surface area contributed by atoms with Gasteiger partial charge in [0.2, 0.25) is 0 Å². The van der Waals surface area contributed by atoms with E-state index in [1.54, 1.807) is 6.92 Å². The monoisotopic (exact) mass is 181 g/mol. The molecule has 0 unspecified atom stereocenters. The lowest BCUT2D eigenvalue weighted by molar-refractivity contribution is 0.0295. The molecule has 0 aliphatic carbocycles. The van der Waals surface area contributed by atoms with Gasteiger partial charge in [-0.2, -0.15) is 0 Å². The molecule has 5 heteroatoms. The van der Waals surface area contributed by atoms with Crippen LogP contribution in [0, 0.1) is 5.41 Å². The molecule has 0 saturated carbocycles. The van der Waals surface area contributed by atoms with Crippen LogP contribution in [0.4, 0.5) is 12.9 Å². The van der Waals surface area contributed by atoms with Gasteiger partial charge in [-0.1, -0.05) is 18.7 Å². The summed E-state index contributed by atoms with van der Waals surface area (Å²) in [6.45, 7) is -1.99. The molecule has 1 rings (SSSR count). The molecule has 0 aromatic rings. The maximum absolute atomic E-state index is 12.1. The zero-order chi connectivity index (χ0) is 9.24.